The SMILES string of the molecule is O=C(Nc1ccc(N2CCOCC2)nc1)C1(c2ccc(Br)cc2)CCOCC1. The maximum absolute atomic E-state index is 13.3. The molecule has 1 N–H and O–H groups in total. The molecule has 1 aromatic carbocycles. The van der Waals surface area contributed by atoms with E-state index in [1.807, 2.05) is 36.4 Å². The molecule has 0 aliphatic carbocycles. The van der Waals surface area contributed by atoms with Gasteiger partial charge in [-0.2, -0.15) is 0 Å². The summed E-state index contributed by atoms with van der Waals surface area (Å²) in [6.07, 6.45) is 3.07. The van der Waals surface area contributed by atoms with Crippen molar-refractivity contribution < 1.29 is 14.3 Å². The summed E-state index contributed by atoms with van der Waals surface area (Å²) in [6, 6.07) is 11.9. The summed E-state index contributed by atoms with van der Waals surface area (Å²) in [7, 11) is 0. The van der Waals surface area contributed by atoms with Crippen LogP contribution in [-0.4, -0.2) is 50.4 Å². The van der Waals surface area contributed by atoms with Gasteiger partial charge in [0.15, 0.2) is 0 Å². The third-order valence-corrected chi connectivity index (χ3v) is 6.05. The van der Waals surface area contributed by atoms with Crippen LogP contribution in [0.1, 0.15) is 18.4 Å². The van der Waals surface area contributed by atoms with Gasteiger partial charge in [0.25, 0.3) is 0 Å². The first-order valence-electron chi connectivity index (χ1n) is 9.61. The molecule has 0 saturated carbocycles. The summed E-state index contributed by atoms with van der Waals surface area (Å²) in [6.45, 7) is 4.28. The highest BCUT2D eigenvalue weighted by atomic mass is 79.9. The molecule has 2 saturated heterocycles. The van der Waals surface area contributed by atoms with E-state index in [0.717, 1.165) is 42.2 Å². The first-order chi connectivity index (χ1) is 13.7. The van der Waals surface area contributed by atoms with Crippen molar-refractivity contribution in [1.82, 2.24) is 4.98 Å². The molecule has 7 heteroatoms. The van der Waals surface area contributed by atoms with E-state index < -0.39 is 5.41 Å². The second-order valence-electron chi connectivity index (χ2n) is 7.16. The number of nitrogens with zero attached hydrogens (tertiary/aromatic N) is 2. The Morgan fingerprint density at radius 3 is 2.32 bits per heavy atom. The van der Waals surface area contributed by atoms with Crippen LogP contribution in [0.25, 0.3) is 0 Å². The summed E-state index contributed by atoms with van der Waals surface area (Å²) in [5.74, 6) is 0.911. The van der Waals surface area contributed by atoms with Crippen LogP contribution >= 0.6 is 15.9 Å². The number of rotatable bonds is 4. The lowest BCUT2D eigenvalue weighted by atomic mass is 9.73. The highest BCUT2D eigenvalue weighted by Crippen LogP contribution is 2.36. The van der Waals surface area contributed by atoms with Gasteiger partial charge in [-0.05, 0) is 42.7 Å². The van der Waals surface area contributed by atoms with Crippen LogP contribution in [0.5, 0.6) is 0 Å². The first kappa shape index (κ1) is 19.4. The zero-order valence-electron chi connectivity index (χ0n) is 15.7. The number of pyridine rings is 1. The van der Waals surface area contributed by atoms with E-state index in [4.69, 9.17) is 9.47 Å². The maximum atomic E-state index is 13.3. The first-order valence-corrected chi connectivity index (χ1v) is 10.4. The number of amides is 1. The number of carbonyl (C=O) groups is 1. The predicted octanol–water partition coefficient (Wildman–Crippen LogP) is 3.37. The molecule has 1 aromatic heterocycles. The Labute approximate surface area is 173 Å². The van der Waals surface area contributed by atoms with Crippen LogP contribution in [-0.2, 0) is 19.7 Å². The number of anilines is 2. The molecule has 2 aliphatic heterocycles. The molecule has 3 heterocycles. The zero-order valence-corrected chi connectivity index (χ0v) is 17.3. The van der Waals surface area contributed by atoms with Crippen molar-refractivity contribution in [2.24, 2.45) is 0 Å². The van der Waals surface area contributed by atoms with Crippen LogP contribution in [0.2, 0.25) is 0 Å². The summed E-state index contributed by atoms with van der Waals surface area (Å²) >= 11 is 3.47. The molecule has 4 rings (SSSR count). The molecular weight excluding hydrogens is 422 g/mol. The smallest absolute Gasteiger partial charge is 0.235 e. The fourth-order valence-corrected chi connectivity index (χ4v) is 4.09. The van der Waals surface area contributed by atoms with Crippen molar-refractivity contribution in [2.75, 3.05) is 49.7 Å². The third-order valence-electron chi connectivity index (χ3n) is 5.52. The van der Waals surface area contributed by atoms with Crippen molar-refractivity contribution in [1.29, 1.82) is 0 Å². The second-order valence-corrected chi connectivity index (χ2v) is 8.08. The molecular formula is C21H24BrN3O3. The Kier molecular flexibility index (Phi) is 5.94. The molecule has 0 spiro atoms. The molecule has 0 atom stereocenters. The Bertz CT molecular complexity index is 799. The Hall–Kier alpha value is -1.96. The average molecular weight is 446 g/mol. The average Bonchev–Trinajstić information content (AvgIpc) is 2.76. The highest BCUT2D eigenvalue weighted by Gasteiger charge is 2.41. The van der Waals surface area contributed by atoms with Crippen LogP contribution in [0, 0.1) is 0 Å². The Morgan fingerprint density at radius 1 is 1.00 bits per heavy atom. The molecule has 2 fully saturated rings. The number of aromatic nitrogens is 1. The number of carbonyl (C=O) groups excluding carboxylic acids is 1. The number of nitrogens with one attached hydrogen (secondary N) is 1. The van der Waals surface area contributed by atoms with E-state index in [-0.39, 0.29) is 5.91 Å². The monoisotopic (exact) mass is 445 g/mol. The molecule has 148 valence electrons. The lowest BCUT2D eigenvalue weighted by molar-refractivity contribution is -0.125. The van der Waals surface area contributed by atoms with Gasteiger partial charge in [-0.15, -0.1) is 0 Å². The molecule has 1 amide bonds. The van der Waals surface area contributed by atoms with Gasteiger partial charge in [-0.3, -0.25) is 4.79 Å². The fraction of sp³-hybridized carbons (Fsp3) is 0.429. The molecule has 28 heavy (non-hydrogen) atoms. The normalized spacial score (nSPS) is 19.2. The third kappa shape index (κ3) is 4.06. The van der Waals surface area contributed by atoms with Gasteiger partial charge in [0, 0.05) is 30.8 Å². The number of ether oxygens (including phenoxy) is 2. The quantitative estimate of drug-likeness (QED) is 0.781. The van der Waals surface area contributed by atoms with Crippen molar-refractivity contribution in [3.8, 4) is 0 Å². The van der Waals surface area contributed by atoms with Crippen LogP contribution in [0.15, 0.2) is 47.1 Å². The summed E-state index contributed by atoms with van der Waals surface area (Å²) in [5, 5.41) is 3.08. The molecule has 0 unspecified atom stereocenters. The number of morpholine rings is 1. The van der Waals surface area contributed by atoms with E-state index in [1.165, 1.54) is 0 Å². The van der Waals surface area contributed by atoms with Crippen LogP contribution in [0.4, 0.5) is 11.5 Å². The highest BCUT2D eigenvalue weighted by molar-refractivity contribution is 9.10. The minimum Gasteiger partial charge on any atom is -0.381 e. The number of benzene rings is 1. The zero-order chi connectivity index (χ0) is 19.4. The summed E-state index contributed by atoms with van der Waals surface area (Å²) in [4.78, 5) is 20.1. The van der Waals surface area contributed by atoms with E-state index in [1.54, 1.807) is 6.20 Å². The van der Waals surface area contributed by atoms with Crippen molar-refractivity contribution in [3.05, 3.63) is 52.6 Å². The van der Waals surface area contributed by atoms with Crippen molar-refractivity contribution in [3.63, 3.8) is 0 Å². The number of hydrogen-bond acceptors (Lipinski definition) is 5. The molecule has 6 nitrogen and oxygen atoms in total. The van der Waals surface area contributed by atoms with Crippen molar-refractivity contribution >= 4 is 33.3 Å². The van der Waals surface area contributed by atoms with Crippen LogP contribution in [0.3, 0.4) is 0 Å². The maximum Gasteiger partial charge on any atom is 0.235 e. The van der Waals surface area contributed by atoms with E-state index >= 15 is 0 Å². The van der Waals surface area contributed by atoms with Crippen molar-refractivity contribution in [2.45, 2.75) is 18.3 Å². The fourth-order valence-electron chi connectivity index (χ4n) is 3.83. The van der Waals surface area contributed by atoms with Crippen LogP contribution < -0.4 is 10.2 Å². The van der Waals surface area contributed by atoms with E-state index in [0.29, 0.717) is 31.7 Å². The second kappa shape index (κ2) is 8.59. The van der Waals surface area contributed by atoms with Gasteiger partial charge in [-0.1, -0.05) is 28.1 Å². The molecule has 0 radical (unpaired) electrons. The minimum absolute atomic E-state index is 0.000884. The Morgan fingerprint density at radius 2 is 1.68 bits per heavy atom. The minimum atomic E-state index is -0.582. The van der Waals surface area contributed by atoms with Gasteiger partial charge in [-0.25, -0.2) is 4.98 Å². The lowest BCUT2D eigenvalue weighted by Crippen LogP contribution is -2.44. The summed E-state index contributed by atoms with van der Waals surface area (Å²) < 4.78 is 11.9. The number of hydrogen-bond donors (Lipinski definition) is 1. The predicted molar refractivity (Wildman–Crippen MR) is 112 cm³/mol. The van der Waals surface area contributed by atoms with Gasteiger partial charge >= 0.3 is 0 Å². The topological polar surface area (TPSA) is 63.7 Å². The Balaban J connectivity index is 1.52. The van der Waals surface area contributed by atoms with Gasteiger partial charge in [0.05, 0.1) is 30.5 Å². The molecule has 0 bridgehead atoms. The summed E-state index contributed by atoms with van der Waals surface area (Å²) in [5.41, 5.74) is 1.15. The largest absolute Gasteiger partial charge is 0.381 e. The van der Waals surface area contributed by atoms with E-state index in [2.05, 4.69) is 31.1 Å². The number of halogens is 1. The van der Waals surface area contributed by atoms with Gasteiger partial charge in [0.1, 0.15) is 5.82 Å². The molecule has 2 aliphatic rings. The van der Waals surface area contributed by atoms with Gasteiger partial charge in [0.2, 0.25) is 5.91 Å². The van der Waals surface area contributed by atoms with E-state index in [9.17, 15) is 4.79 Å². The standard InChI is InChI=1S/C21H24BrN3O3/c22-17-3-1-16(2-4-17)21(7-11-27-12-8-21)20(26)24-18-5-6-19(23-15-18)25-9-13-28-14-10-25/h1-6,15H,7-14H2,(H,24,26). The lowest BCUT2D eigenvalue weighted by Gasteiger charge is -2.36. The van der Waals surface area contributed by atoms with Gasteiger partial charge < -0.3 is 19.7 Å². The molecule has 2 aromatic rings.